The monoisotopic (exact) mass is 404 g/mol. The summed E-state index contributed by atoms with van der Waals surface area (Å²) < 4.78 is 43.0. The molecule has 5 nitrogen and oxygen atoms in total. The lowest BCUT2D eigenvalue weighted by atomic mass is 10.1. The first kappa shape index (κ1) is 20.6. The molecule has 1 aromatic heterocycles. The van der Waals surface area contributed by atoms with Gasteiger partial charge in [-0.05, 0) is 47.9 Å². The highest BCUT2D eigenvalue weighted by atomic mass is 19.3. The van der Waals surface area contributed by atoms with Crippen molar-refractivity contribution in [3.63, 3.8) is 0 Å². The molecular formula is C21H23F3N4O. The van der Waals surface area contributed by atoms with Crippen LogP contribution in [0.15, 0.2) is 53.7 Å². The van der Waals surface area contributed by atoms with Crippen LogP contribution in [0.25, 0.3) is 10.9 Å². The lowest BCUT2D eigenvalue weighted by Crippen LogP contribution is -2.37. The van der Waals surface area contributed by atoms with Gasteiger partial charge in [-0.2, -0.15) is 0 Å². The molecule has 154 valence electrons. The summed E-state index contributed by atoms with van der Waals surface area (Å²) in [6.07, 6.45) is 0.0713. The Morgan fingerprint density at radius 1 is 1.17 bits per heavy atom. The minimum absolute atomic E-state index is 0.261. The molecule has 0 aliphatic heterocycles. The van der Waals surface area contributed by atoms with E-state index in [0.29, 0.717) is 31.2 Å². The highest BCUT2D eigenvalue weighted by molar-refractivity contribution is 5.83. The summed E-state index contributed by atoms with van der Waals surface area (Å²) in [5.41, 5.74) is 2.80. The fraction of sp³-hybridized carbons (Fsp3) is 0.286. The number of nitrogens with zero attached hydrogens (tertiary/aromatic N) is 1. The lowest BCUT2D eigenvalue weighted by Gasteiger charge is -2.13. The summed E-state index contributed by atoms with van der Waals surface area (Å²) in [4.78, 5) is 7.31. The molecule has 0 saturated heterocycles. The van der Waals surface area contributed by atoms with E-state index in [2.05, 4.69) is 20.6 Å². The van der Waals surface area contributed by atoms with Gasteiger partial charge in [0.2, 0.25) is 0 Å². The number of benzene rings is 2. The molecule has 0 aliphatic rings. The van der Waals surface area contributed by atoms with Crippen molar-refractivity contribution in [3.8, 4) is 5.75 Å². The number of guanidine groups is 1. The van der Waals surface area contributed by atoms with Crippen LogP contribution in [0.3, 0.4) is 0 Å². The zero-order valence-electron chi connectivity index (χ0n) is 16.0. The molecule has 0 aliphatic carbocycles. The van der Waals surface area contributed by atoms with Crippen LogP contribution in [0.5, 0.6) is 5.75 Å². The van der Waals surface area contributed by atoms with Gasteiger partial charge in [-0.15, -0.1) is 0 Å². The topological polar surface area (TPSA) is 61.4 Å². The molecule has 1 heterocycles. The Labute approximate surface area is 167 Å². The van der Waals surface area contributed by atoms with E-state index in [1.165, 1.54) is 12.1 Å². The third kappa shape index (κ3) is 5.91. The number of ether oxygens (including phenoxy) is 1. The molecule has 0 unspecified atom stereocenters. The van der Waals surface area contributed by atoms with Crippen LogP contribution in [-0.4, -0.2) is 37.6 Å². The van der Waals surface area contributed by atoms with Crippen LogP contribution < -0.4 is 15.4 Å². The van der Waals surface area contributed by atoms with Gasteiger partial charge < -0.3 is 20.4 Å². The molecule has 3 N–H and O–H groups in total. The molecule has 2 aromatic carbocycles. The summed E-state index contributed by atoms with van der Waals surface area (Å²) in [7, 11) is 1.67. The Hall–Kier alpha value is -3.16. The van der Waals surface area contributed by atoms with Crippen LogP contribution in [0.4, 0.5) is 13.2 Å². The van der Waals surface area contributed by atoms with Crippen LogP contribution in [0.1, 0.15) is 11.1 Å². The molecule has 0 amide bonds. The van der Waals surface area contributed by atoms with Crippen LogP contribution in [0.2, 0.25) is 0 Å². The minimum atomic E-state index is -2.51. The second-order valence-corrected chi connectivity index (χ2v) is 6.46. The quantitative estimate of drug-likeness (QED) is 0.395. The Morgan fingerprint density at radius 3 is 2.83 bits per heavy atom. The van der Waals surface area contributed by atoms with Crippen LogP contribution in [0, 0.1) is 5.82 Å². The van der Waals surface area contributed by atoms with Crippen molar-refractivity contribution < 1.29 is 17.9 Å². The molecule has 0 fully saturated rings. The van der Waals surface area contributed by atoms with Gasteiger partial charge in [0.15, 0.2) is 5.96 Å². The van der Waals surface area contributed by atoms with Gasteiger partial charge in [-0.1, -0.05) is 12.1 Å². The van der Waals surface area contributed by atoms with E-state index >= 15 is 0 Å². The number of hydrogen-bond donors (Lipinski definition) is 3. The lowest BCUT2D eigenvalue weighted by molar-refractivity contribution is 0.0818. The van der Waals surface area contributed by atoms with Gasteiger partial charge >= 0.3 is 0 Å². The highest BCUT2D eigenvalue weighted by Gasteiger charge is 2.07. The third-order valence-corrected chi connectivity index (χ3v) is 4.37. The van der Waals surface area contributed by atoms with Crippen LogP contribution >= 0.6 is 0 Å². The Balaban J connectivity index is 1.49. The van der Waals surface area contributed by atoms with Gasteiger partial charge in [0, 0.05) is 37.2 Å². The molecule has 0 saturated carbocycles. The minimum Gasteiger partial charge on any atom is -0.488 e. The van der Waals surface area contributed by atoms with E-state index in [9.17, 15) is 13.2 Å². The first-order valence-electron chi connectivity index (χ1n) is 9.25. The van der Waals surface area contributed by atoms with Crippen molar-refractivity contribution in [2.24, 2.45) is 4.99 Å². The molecular weight excluding hydrogens is 381 g/mol. The second-order valence-electron chi connectivity index (χ2n) is 6.46. The maximum absolute atomic E-state index is 13.5. The molecule has 0 radical (unpaired) electrons. The standard InChI is InChI=1S/C21H23F3N4O/c1-25-21(28-11-14-3-2-4-17(9-14)29-13-20(23)24)26-8-7-15-12-27-19-6-5-16(22)10-18(15)19/h2-6,9-10,12,20,27H,7-8,11,13H2,1H3,(H2,25,26,28). The molecule has 0 atom stereocenters. The number of alkyl halides is 2. The average Bonchev–Trinajstić information content (AvgIpc) is 3.11. The maximum atomic E-state index is 13.5. The Kier molecular flexibility index (Phi) is 6.99. The first-order valence-corrected chi connectivity index (χ1v) is 9.25. The normalized spacial score (nSPS) is 11.8. The number of nitrogens with one attached hydrogen (secondary N) is 3. The summed E-state index contributed by atoms with van der Waals surface area (Å²) in [5, 5.41) is 7.26. The molecule has 29 heavy (non-hydrogen) atoms. The summed E-state index contributed by atoms with van der Waals surface area (Å²) >= 11 is 0. The van der Waals surface area contributed by atoms with E-state index in [1.54, 1.807) is 31.3 Å². The van der Waals surface area contributed by atoms with Crippen molar-refractivity contribution in [1.29, 1.82) is 0 Å². The largest absolute Gasteiger partial charge is 0.488 e. The number of aromatic nitrogens is 1. The number of H-pyrrole nitrogens is 1. The fourth-order valence-corrected chi connectivity index (χ4v) is 2.98. The fourth-order valence-electron chi connectivity index (χ4n) is 2.98. The van der Waals surface area contributed by atoms with E-state index in [-0.39, 0.29) is 5.82 Å². The number of aliphatic imine (C=N–C) groups is 1. The first-order chi connectivity index (χ1) is 14.0. The van der Waals surface area contributed by atoms with Crippen molar-refractivity contribution >= 4 is 16.9 Å². The van der Waals surface area contributed by atoms with Gasteiger partial charge in [-0.25, -0.2) is 13.2 Å². The highest BCUT2D eigenvalue weighted by Crippen LogP contribution is 2.19. The SMILES string of the molecule is CN=C(NCCc1c[nH]c2ccc(F)cc12)NCc1cccc(OCC(F)F)c1. The van der Waals surface area contributed by atoms with Crippen LogP contribution in [-0.2, 0) is 13.0 Å². The summed E-state index contributed by atoms with van der Waals surface area (Å²) in [6, 6.07) is 11.7. The number of halogens is 3. The van der Waals surface area contributed by atoms with Crippen molar-refractivity contribution in [3.05, 3.63) is 65.6 Å². The predicted octanol–water partition coefficient (Wildman–Crippen LogP) is 3.86. The maximum Gasteiger partial charge on any atom is 0.272 e. The van der Waals surface area contributed by atoms with Gasteiger partial charge in [0.05, 0.1) is 0 Å². The van der Waals surface area contributed by atoms with E-state index in [4.69, 9.17) is 4.74 Å². The van der Waals surface area contributed by atoms with E-state index in [1.807, 2.05) is 12.3 Å². The van der Waals surface area contributed by atoms with Gasteiger partial charge in [0.25, 0.3) is 6.43 Å². The average molecular weight is 404 g/mol. The van der Waals surface area contributed by atoms with Crippen molar-refractivity contribution in [2.75, 3.05) is 20.2 Å². The Morgan fingerprint density at radius 2 is 2.03 bits per heavy atom. The summed E-state index contributed by atoms with van der Waals surface area (Å²) in [6.45, 7) is 0.447. The third-order valence-electron chi connectivity index (χ3n) is 4.37. The Bertz CT molecular complexity index is 971. The summed E-state index contributed by atoms with van der Waals surface area (Å²) in [5.74, 6) is 0.748. The predicted molar refractivity (Wildman–Crippen MR) is 108 cm³/mol. The van der Waals surface area contributed by atoms with Crippen molar-refractivity contribution in [2.45, 2.75) is 19.4 Å². The molecule has 3 aromatic rings. The van der Waals surface area contributed by atoms with E-state index < -0.39 is 13.0 Å². The molecule has 3 rings (SSSR count). The van der Waals surface area contributed by atoms with Crippen molar-refractivity contribution in [1.82, 2.24) is 15.6 Å². The molecule has 0 bridgehead atoms. The molecule has 0 spiro atoms. The number of fused-ring (bicyclic) bond motifs is 1. The number of aromatic amines is 1. The van der Waals surface area contributed by atoms with Gasteiger partial charge in [-0.3, -0.25) is 4.99 Å². The number of hydrogen-bond acceptors (Lipinski definition) is 2. The molecule has 8 heteroatoms. The smallest absolute Gasteiger partial charge is 0.272 e. The zero-order valence-corrected chi connectivity index (χ0v) is 16.0. The van der Waals surface area contributed by atoms with Gasteiger partial charge in [0.1, 0.15) is 18.2 Å². The number of rotatable bonds is 8. The van der Waals surface area contributed by atoms with E-state index in [0.717, 1.165) is 22.0 Å². The zero-order chi connectivity index (χ0) is 20.6. The second kappa shape index (κ2) is 9.86.